The first-order valence-corrected chi connectivity index (χ1v) is 8.60. The van der Waals surface area contributed by atoms with E-state index >= 15 is 0 Å². The molecule has 0 aliphatic rings. The number of benzene rings is 2. The molecule has 0 atom stereocenters. The van der Waals surface area contributed by atoms with E-state index in [0.29, 0.717) is 17.9 Å². The summed E-state index contributed by atoms with van der Waals surface area (Å²) >= 11 is 1.53. The minimum Gasteiger partial charge on any atom is -0.507 e. The molecule has 1 N–H and O–H groups in total. The minimum absolute atomic E-state index is 0.127. The minimum atomic E-state index is 0.127. The Morgan fingerprint density at radius 1 is 1.20 bits per heavy atom. The van der Waals surface area contributed by atoms with E-state index in [1.807, 2.05) is 36.7 Å². The van der Waals surface area contributed by atoms with Crippen LogP contribution in [-0.4, -0.2) is 29.6 Å². The summed E-state index contributed by atoms with van der Waals surface area (Å²) in [5, 5.41) is 18.2. The second kappa shape index (κ2) is 7.40. The molecule has 7 heteroatoms. The molecule has 0 spiro atoms. The van der Waals surface area contributed by atoms with Gasteiger partial charge in [0.1, 0.15) is 17.2 Å². The summed E-state index contributed by atoms with van der Waals surface area (Å²) in [6.45, 7) is 2.59. The Labute approximate surface area is 149 Å². The molecule has 0 radical (unpaired) electrons. The molecule has 3 rings (SSSR count). The Hall–Kier alpha value is -2.80. The van der Waals surface area contributed by atoms with Crippen LogP contribution in [0.25, 0.3) is 10.2 Å². The van der Waals surface area contributed by atoms with Crippen LogP contribution in [0, 0.1) is 0 Å². The van der Waals surface area contributed by atoms with E-state index < -0.39 is 0 Å². The molecular weight excluding hydrogens is 338 g/mol. The number of hydrogen-bond donors (Lipinski definition) is 1. The standard InChI is InChI=1S/C18H19N3O3S/c1-4-24-14-5-7-15-17(10-14)25-18(21(15)2)20-19-11-12-9-13(23-3)6-8-16(12)22/h5-11,22H,4H2,1-3H3/b19-11+,20-18?. The molecule has 0 saturated carbocycles. The van der Waals surface area contributed by atoms with Gasteiger partial charge >= 0.3 is 0 Å². The number of phenols is 1. The number of aromatic nitrogens is 1. The maximum absolute atomic E-state index is 9.87. The zero-order chi connectivity index (χ0) is 17.8. The Balaban J connectivity index is 1.94. The Morgan fingerprint density at radius 2 is 2.00 bits per heavy atom. The van der Waals surface area contributed by atoms with E-state index in [9.17, 15) is 5.11 Å². The molecule has 25 heavy (non-hydrogen) atoms. The molecule has 0 aliphatic carbocycles. The Kier molecular flexibility index (Phi) is 5.04. The summed E-state index contributed by atoms with van der Waals surface area (Å²) in [6.07, 6.45) is 1.51. The number of rotatable bonds is 5. The van der Waals surface area contributed by atoms with E-state index in [1.54, 1.807) is 25.3 Å². The van der Waals surface area contributed by atoms with Crippen LogP contribution in [0.3, 0.4) is 0 Å². The van der Waals surface area contributed by atoms with Crippen molar-refractivity contribution in [2.45, 2.75) is 6.92 Å². The summed E-state index contributed by atoms with van der Waals surface area (Å²) < 4.78 is 13.7. The number of ether oxygens (including phenoxy) is 2. The highest BCUT2D eigenvalue weighted by atomic mass is 32.1. The molecule has 0 aliphatic heterocycles. The van der Waals surface area contributed by atoms with Crippen molar-refractivity contribution in [3.63, 3.8) is 0 Å². The van der Waals surface area contributed by atoms with Crippen LogP contribution in [0.2, 0.25) is 0 Å². The van der Waals surface area contributed by atoms with Crippen LogP contribution in [0.5, 0.6) is 17.2 Å². The molecule has 0 fully saturated rings. The SMILES string of the molecule is CCOc1ccc2c(c1)sc(=N/N=C/c1cc(OC)ccc1O)n2C. The highest BCUT2D eigenvalue weighted by Gasteiger charge is 2.04. The summed E-state index contributed by atoms with van der Waals surface area (Å²) in [4.78, 5) is 0.752. The van der Waals surface area contributed by atoms with Crippen molar-refractivity contribution in [1.82, 2.24) is 4.57 Å². The zero-order valence-corrected chi connectivity index (χ0v) is 15.1. The molecule has 0 amide bonds. The maximum atomic E-state index is 9.87. The molecule has 1 aromatic heterocycles. The second-order valence-electron chi connectivity index (χ2n) is 5.28. The largest absolute Gasteiger partial charge is 0.507 e. The molecular formula is C18H19N3O3S. The fraction of sp³-hybridized carbons (Fsp3) is 0.222. The van der Waals surface area contributed by atoms with Gasteiger partial charge in [-0.1, -0.05) is 11.3 Å². The van der Waals surface area contributed by atoms with Crippen LogP contribution >= 0.6 is 11.3 Å². The molecule has 6 nitrogen and oxygen atoms in total. The van der Waals surface area contributed by atoms with Gasteiger partial charge in [0.2, 0.25) is 4.80 Å². The van der Waals surface area contributed by atoms with Crippen LogP contribution in [-0.2, 0) is 7.05 Å². The van der Waals surface area contributed by atoms with E-state index in [2.05, 4.69) is 10.2 Å². The molecule has 2 aromatic carbocycles. The van der Waals surface area contributed by atoms with Gasteiger partial charge in [0.25, 0.3) is 0 Å². The zero-order valence-electron chi connectivity index (χ0n) is 14.3. The van der Waals surface area contributed by atoms with Crippen molar-refractivity contribution >= 4 is 27.8 Å². The summed E-state index contributed by atoms with van der Waals surface area (Å²) in [7, 11) is 3.52. The lowest BCUT2D eigenvalue weighted by Crippen LogP contribution is -2.08. The van der Waals surface area contributed by atoms with Gasteiger partial charge in [0.05, 0.1) is 30.1 Å². The maximum Gasteiger partial charge on any atom is 0.211 e. The smallest absolute Gasteiger partial charge is 0.211 e. The summed E-state index contributed by atoms with van der Waals surface area (Å²) in [5.74, 6) is 1.62. The first-order valence-electron chi connectivity index (χ1n) is 7.79. The van der Waals surface area contributed by atoms with Crippen LogP contribution in [0.4, 0.5) is 0 Å². The first kappa shape index (κ1) is 17.0. The topological polar surface area (TPSA) is 68.3 Å². The third kappa shape index (κ3) is 3.66. The molecule has 3 aromatic rings. The first-order chi connectivity index (χ1) is 12.1. The van der Waals surface area contributed by atoms with Gasteiger partial charge in [-0.3, -0.25) is 0 Å². The van der Waals surface area contributed by atoms with Crippen LogP contribution in [0.15, 0.2) is 46.6 Å². The second-order valence-corrected chi connectivity index (χ2v) is 6.28. The fourth-order valence-corrected chi connectivity index (χ4v) is 3.38. The average Bonchev–Trinajstić information content (AvgIpc) is 2.92. The van der Waals surface area contributed by atoms with Gasteiger partial charge in [-0.15, -0.1) is 5.10 Å². The number of thiazole rings is 1. The van der Waals surface area contributed by atoms with E-state index in [1.165, 1.54) is 17.6 Å². The Morgan fingerprint density at radius 3 is 2.76 bits per heavy atom. The lowest BCUT2D eigenvalue weighted by Gasteiger charge is -2.02. The lowest BCUT2D eigenvalue weighted by molar-refractivity contribution is 0.341. The number of aryl methyl sites for hydroxylation is 1. The van der Waals surface area contributed by atoms with Gasteiger partial charge < -0.3 is 19.1 Å². The third-order valence-corrected chi connectivity index (χ3v) is 4.75. The number of phenolic OH excluding ortho intramolecular Hbond substituents is 1. The van der Waals surface area contributed by atoms with Crippen molar-refractivity contribution in [1.29, 1.82) is 0 Å². The normalized spacial score (nSPS) is 12.2. The summed E-state index contributed by atoms with van der Waals surface area (Å²) in [5.41, 5.74) is 1.61. The van der Waals surface area contributed by atoms with Gasteiger partial charge in [0, 0.05) is 12.6 Å². The average molecular weight is 357 g/mol. The number of nitrogens with zero attached hydrogens (tertiary/aromatic N) is 3. The predicted octanol–water partition coefficient (Wildman–Crippen LogP) is 3.29. The van der Waals surface area contributed by atoms with Crippen LogP contribution < -0.4 is 14.3 Å². The van der Waals surface area contributed by atoms with Crippen molar-refractivity contribution in [2.75, 3.05) is 13.7 Å². The molecule has 130 valence electrons. The van der Waals surface area contributed by atoms with Crippen molar-refractivity contribution in [3.8, 4) is 17.2 Å². The summed E-state index contributed by atoms with van der Waals surface area (Å²) in [6, 6.07) is 10.9. The third-order valence-electron chi connectivity index (χ3n) is 3.67. The quantitative estimate of drug-likeness (QED) is 0.563. The number of methoxy groups -OCH3 is 1. The molecule has 0 unspecified atom stereocenters. The Bertz CT molecular complexity index is 989. The van der Waals surface area contributed by atoms with E-state index in [-0.39, 0.29) is 5.75 Å². The molecule has 0 bridgehead atoms. The fourth-order valence-electron chi connectivity index (χ4n) is 2.37. The van der Waals surface area contributed by atoms with Crippen molar-refractivity contribution < 1.29 is 14.6 Å². The number of fused-ring (bicyclic) bond motifs is 1. The number of hydrogen-bond acceptors (Lipinski definition) is 6. The van der Waals surface area contributed by atoms with Gasteiger partial charge in [-0.05, 0) is 43.3 Å². The number of aromatic hydroxyl groups is 1. The molecule has 0 saturated heterocycles. The highest BCUT2D eigenvalue weighted by Crippen LogP contribution is 2.23. The molecule has 1 heterocycles. The van der Waals surface area contributed by atoms with Crippen LogP contribution in [0.1, 0.15) is 12.5 Å². The van der Waals surface area contributed by atoms with Gasteiger partial charge in [0.15, 0.2) is 0 Å². The lowest BCUT2D eigenvalue weighted by atomic mass is 10.2. The van der Waals surface area contributed by atoms with Crippen molar-refractivity contribution in [3.05, 3.63) is 46.8 Å². The van der Waals surface area contributed by atoms with E-state index in [0.717, 1.165) is 20.8 Å². The predicted molar refractivity (Wildman–Crippen MR) is 99.8 cm³/mol. The van der Waals surface area contributed by atoms with Gasteiger partial charge in [-0.25, -0.2) is 0 Å². The van der Waals surface area contributed by atoms with Crippen molar-refractivity contribution in [2.24, 2.45) is 17.3 Å². The van der Waals surface area contributed by atoms with Gasteiger partial charge in [-0.2, -0.15) is 5.10 Å². The van der Waals surface area contributed by atoms with E-state index in [4.69, 9.17) is 9.47 Å². The monoisotopic (exact) mass is 357 g/mol. The highest BCUT2D eigenvalue weighted by molar-refractivity contribution is 7.16.